The Bertz CT molecular complexity index is 628. The number of rotatable bonds is 19. The molecule has 0 rings (SSSR count). The van der Waals surface area contributed by atoms with Crippen molar-refractivity contribution < 1.29 is 76.5 Å². The van der Waals surface area contributed by atoms with Crippen molar-refractivity contribution >= 4 is 22.1 Å². The first-order valence-electron chi connectivity index (χ1n) is 13.6. The summed E-state index contributed by atoms with van der Waals surface area (Å²) in [5.74, 6) is -1.74. The maximum Gasteiger partial charge on any atom is 1.00 e. The first kappa shape index (κ1) is 44.7. The van der Waals surface area contributed by atoms with Gasteiger partial charge in [0.05, 0.1) is 32.8 Å². The van der Waals surface area contributed by atoms with Gasteiger partial charge in [-0.05, 0) is 38.5 Å². The van der Waals surface area contributed by atoms with Crippen LogP contribution in [0.3, 0.4) is 0 Å². The summed E-state index contributed by atoms with van der Waals surface area (Å²) in [7, 11) is -5.01. The maximum absolute atomic E-state index is 12.1. The van der Waals surface area contributed by atoms with E-state index in [1.807, 2.05) is 27.7 Å². The number of carbonyl (C=O) groups excluding carboxylic acids is 2. The van der Waals surface area contributed by atoms with Crippen LogP contribution in [0.15, 0.2) is 0 Å². The summed E-state index contributed by atoms with van der Waals surface area (Å²) in [6.45, 7) is 13.7. The monoisotopic (exact) mass is 580 g/mol. The van der Waals surface area contributed by atoms with E-state index in [9.17, 15) is 22.6 Å². The molecule has 2 N–H and O–H groups in total. The molecule has 0 aliphatic carbocycles. The Balaban J connectivity index is -0.000000495. The molecule has 0 saturated carbocycles. The minimum Gasteiger partial charge on any atom is -0.747 e. The Morgan fingerprint density at radius 1 is 0.789 bits per heavy atom. The van der Waals surface area contributed by atoms with Crippen molar-refractivity contribution in [2.24, 2.45) is 11.8 Å². The topological polar surface area (TPSA) is 159 Å². The largest absolute Gasteiger partial charge is 1.00 e. The number of esters is 2. The van der Waals surface area contributed by atoms with Crippen molar-refractivity contribution in [2.75, 3.05) is 39.6 Å². The molecule has 0 spiro atoms. The van der Waals surface area contributed by atoms with Crippen molar-refractivity contribution in [2.45, 2.75) is 105 Å². The fourth-order valence-corrected chi connectivity index (χ4v) is 3.66. The second-order valence-electron chi connectivity index (χ2n) is 8.56. The first-order chi connectivity index (χ1) is 17.5. The molecule has 0 saturated heterocycles. The summed E-state index contributed by atoms with van der Waals surface area (Å²) in [6.07, 6.45) is 6.58. The Hall–Kier alpha value is -0.270. The summed E-state index contributed by atoms with van der Waals surface area (Å²) in [6, 6.07) is 0. The predicted molar refractivity (Wildman–Crippen MR) is 143 cm³/mol. The smallest absolute Gasteiger partial charge is 0.747 e. The van der Waals surface area contributed by atoms with Gasteiger partial charge < -0.3 is 29.0 Å². The Labute approximate surface area is 253 Å². The van der Waals surface area contributed by atoms with Crippen LogP contribution in [0.1, 0.15) is 99.3 Å². The standard InChI is InChI=1S/C20H38O7S.C4H10O.C2H6O2.Na/c1-5-9-11-16(7-3)14-26-19(21)13-18(28(23,24)25)20(22)27-15-17(8-4)12-10-6-2;1-3-5-4-2;3-1-2-4;/h16-18H,5-15H2,1-4H3,(H,23,24,25);3-4H2,1-2H3;3-4H,1-2H2;/q;;;+1/p-1. The minimum atomic E-state index is -5.01. The number of aliphatic hydroxyl groups is 2. The van der Waals surface area contributed by atoms with Gasteiger partial charge in [0, 0.05) is 13.2 Å². The van der Waals surface area contributed by atoms with Crippen molar-refractivity contribution in [3.05, 3.63) is 0 Å². The van der Waals surface area contributed by atoms with Gasteiger partial charge in [-0.25, -0.2) is 8.42 Å². The summed E-state index contributed by atoms with van der Waals surface area (Å²) in [4.78, 5) is 24.1. The van der Waals surface area contributed by atoms with Gasteiger partial charge in [0.2, 0.25) is 0 Å². The molecule has 0 bridgehead atoms. The third-order valence-electron chi connectivity index (χ3n) is 5.50. The zero-order chi connectivity index (χ0) is 29.1. The third kappa shape index (κ3) is 28.7. The van der Waals surface area contributed by atoms with Crippen LogP contribution in [-0.4, -0.2) is 80.0 Å². The summed E-state index contributed by atoms with van der Waals surface area (Å²) >= 11 is 0. The van der Waals surface area contributed by atoms with Crippen molar-refractivity contribution in [3.63, 3.8) is 0 Å². The molecular weight excluding hydrogens is 527 g/mol. The summed E-state index contributed by atoms with van der Waals surface area (Å²) in [5.41, 5.74) is 0. The van der Waals surface area contributed by atoms with Crippen LogP contribution in [0, 0.1) is 11.8 Å². The van der Waals surface area contributed by atoms with Gasteiger partial charge in [0.1, 0.15) is 10.1 Å². The van der Waals surface area contributed by atoms with E-state index in [-0.39, 0.29) is 67.8 Å². The molecule has 38 heavy (non-hydrogen) atoms. The molecule has 10 nitrogen and oxygen atoms in total. The number of ether oxygens (including phenoxy) is 3. The molecule has 224 valence electrons. The fraction of sp³-hybridized carbons (Fsp3) is 0.923. The molecular formula is C26H53NaO10S. The van der Waals surface area contributed by atoms with Crippen LogP contribution in [0.5, 0.6) is 0 Å². The maximum atomic E-state index is 12.1. The second kappa shape index (κ2) is 31.3. The minimum absolute atomic E-state index is 0. The van der Waals surface area contributed by atoms with Gasteiger partial charge in [-0.1, -0.05) is 66.2 Å². The molecule has 3 atom stereocenters. The van der Waals surface area contributed by atoms with Gasteiger partial charge in [0.15, 0.2) is 5.25 Å². The fourth-order valence-electron chi connectivity index (χ4n) is 3.02. The molecule has 0 fully saturated rings. The number of hydrogen-bond donors (Lipinski definition) is 2. The van der Waals surface area contributed by atoms with E-state index in [4.69, 9.17) is 24.4 Å². The quantitative estimate of drug-likeness (QED) is 0.127. The molecule has 0 amide bonds. The molecule has 0 radical (unpaired) electrons. The van der Waals surface area contributed by atoms with E-state index >= 15 is 0 Å². The van der Waals surface area contributed by atoms with E-state index in [0.717, 1.165) is 64.6 Å². The van der Waals surface area contributed by atoms with Crippen LogP contribution in [0.2, 0.25) is 0 Å². The van der Waals surface area contributed by atoms with Gasteiger partial charge in [-0.15, -0.1) is 0 Å². The van der Waals surface area contributed by atoms with Crippen LogP contribution in [0.4, 0.5) is 0 Å². The van der Waals surface area contributed by atoms with Crippen molar-refractivity contribution in [1.29, 1.82) is 0 Å². The molecule has 0 aromatic carbocycles. The molecule has 0 aromatic heterocycles. The van der Waals surface area contributed by atoms with Crippen LogP contribution in [0.25, 0.3) is 0 Å². The molecule has 0 aliphatic heterocycles. The Morgan fingerprint density at radius 3 is 1.50 bits per heavy atom. The van der Waals surface area contributed by atoms with E-state index in [1.54, 1.807) is 0 Å². The normalized spacial score (nSPS) is 12.9. The van der Waals surface area contributed by atoms with E-state index in [0.29, 0.717) is 0 Å². The zero-order valence-electron chi connectivity index (χ0n) is 24.9. The zero-order valence-corrected chi connectivity index (χ0v) is 27.7. The Morgan fingerprint density at radius 2 is 1.21 bits per heavy atom. The third-order valence-corrected chi connectivity index (χ3v) is 6.56. The summed E-state index contributed by atoms with van der Waals surface area (Å²) < 4.78 is 49.4. The van der Waals surface area contributed by atoms with Crippen LogP contribution >= 0.6 is 0 Å². The van der Waals surface area contributed by atoms with Crippen LogP contribution in [-0.2, 0) is 33.9 Å². The Kier molecular flexibility index (Phi) is 36.8. The molecule has 0 aliphatic rings. The van der Waals surface area contributed by atoms with Crippen molar-refractivity contribution in [1.82, 2.24) is 0 Å². The molecule has 0 aromatic rings. The van der Waals surface area contributed by atoms with Gasteiger partial charge in [0.25, 0.3) is 0 Å². The van der Waals surface area contributed by atoms with E-state index in [1.165, 1.54) is 0 Å². The molecule has 12 heteroatoms. The average molecular weight is 581 g/mol. The molecule has 0 heterocycles. The van der Waals surface area contributed by atoms with Crippen molar-refractivity contribution in [3.8, 4) is 0 Å². The van der Waals surface area contributed by atoms with Gasteiger partial charge in [-0.3, -0.25) is 9.59 Å². The summed E-state index contributed by atoms with van der Waals surface area (Å²) in [5, 5.41) is 13.2. The number of hydrogen-bond acceptors (Lipinski definition) is 10. The first-order valence-corrected chi connectivity index (χ1v) is 15.1. The van der Waals surface area contributed by atoms with Crippen LogP contribution < -0.4 is 29.6 Å². The number of carbonyl (C=O) groups is 2. The van der Waals surface area contributed by atoms with Gasteiger partial charge in [-0.2, -0.15) is 0 Å². The SMILES string of the molecule is CCCCC(CC)COC(=O)CC(C(=O)OCC(CC)CCCC)S(=O)(=O)[O-].CCOCC.OCCO.[Na+]. The second-order valence-corrected chi connectivity index (χ2v) is 10.1. The van der Waals surface area contributed by atoms with E-state index < -0.39 is 33.7 Å². The predicted octanol–water partition coefficient (Wildman–Crippen LogP) is 0.827. The number of unbranched alkanes of at least 4 members (excludes halogenated alkanes) is 2. The van der Waals surface area contributed by atoms with Gasteiger partial charge >= 0.3 is 41.5 Å². The average Bonchev–Trinajstić information content (AvgIpc) is 2.87. The molecule has 3 unspecified atom stereocenters. The van der Waals surface area contributed by atoms with E-state index in [2.05, 4.69) is 13.8 Å². The number of aliphatic hydroxyl groups excluding tert-OH is 2.